The van der Waals surface area contributed by atoms with Crippen LogP contribution in [-0.2, 0) is 4.79 Å². The van der Waals surface area contributed by atoms with Gasteiger partial charge in [-0.05, 0) is 18.7 Å². The number of aromatic nitrogens is 2. The smallest absolute Gasteiger partial charge is 0.219 e. The second kappa shape index (κ2) is 7.12. The molecule has 1 aromatic rings. The van der Waals surface area contributed by atoms with Gasteiger partial charge in [0.2, 0.25) is 5.91 Å². The van der Waals surface area contributed by atoms with E-state index in [2.05, 4.69) is 44.0 Å². The highest BCUT2D eigenvalue weighted by Gasteiger charge is 2.21. The third kappa shape index (κ3) is 3.72. The lowest BCUT2D eigenvalue weighted by Crippen LogP contribution is -2.48. The predicted molar refractivity (Wildman–Crippen MR) is 90.8 cm³/mol. The van der Waals surface area contributed by atoms with E-state index in [1.165, 1.54) is 0 Å². The number of nitrogens with zero attached hydrogens (tertiary/aromatic N) is 6. The third-order valence-electron chi connectivity index (χ3n) is 4.83. The summed E-state index contributed by atoms with van der Waals surface area (Å²) in [5.74, 6) is 2.02. The molecule has 3 rings (SSSR count). The van der Waals surface area contributed by atoms with Gasteiger partial charge in [0.1, 0.15) is 0 Å². The molecule has 1 aromatic heterocycles. The van der Waals surface area contributed by atoms with Crippen molar-refractivity contribution in [2.75, 3.05) is 68.7 Å². The molecule has 7 nitrogen and oxygen atoms in total. The largest absolute Gasteiger partial charge is 0.353 e. The van der Waals surface area contributed by atoms with E-state index >= 15 is 0 Å². The van der Waals surface area contributed by atoms with E-state index in [9.17, 15) is 4.79 Å². The van der Waals surface area contributed by atoms with E-state index in [-0.39, 0.29) is 5.91 Å². The number of rotatable bonds is 3. The van der Waals surface area contributed by atoms with E-state index in [1.54, 1.807) is 6.92 Å². The molecule has 0 aromatic carbocycles. The standard InChI is InChI=1S/C16H26N6O/c1-3-19-6-8-21(9-7-19)15-4-5-16(18-17-15)22-12-10-20(11-13-22)14(2)23/h4-5H,3,6-13H2,1-2H3. The van der Waals surface area contributed by atoms with Crippen LogP contribution >= 0.6 is 0 Å². The summed E-state index contributed by atoms with van der Waals surface area (Å²) in [5, 5.41) is 8.82. The zero-order valence-corrected chi connectivity index (χ0v) is 14.1. The number of hydrogen-bond donors (Lipinski definition) is 0. The Morgan fingerprint density at radius 1 is 0.913 bits per heavy atom. The first-order valence-electron chi connectivity index (χ1n) is 8.49. The van der Waals surface area contributed by atoms with Crippen molar-refractivity contribution in [3.05, 3.63) is 12.1 Å². The molecule has 0 bridgehead atoms. The Hall–Kier alpha value is -1.89. The molecule has 23 heavy (non-hydrogen) atoms. The molecular formula is C16H26N6O. The van der Waals surface area contributed by atoms with Crippen LogP contribution in [0.5, 0.6) is 0 Å². The van der Waals surface area contributed by atoms with Gasteiger partial charge in [-0.3, -0.25) is 4.79 Å². The van der Waals surface area contributed by atoms with Gasteiger partial charge in [0.05, 0.1) is 0 Å². The molecular weight excluding hydrogens is 292 g/mol. The molecule has 0 N–H and O–H groups in total. The van der Waals surface area contributed by atoms with E-state index in [0.717, 1.165) is 70.5 Å². The van der Waals surface area contributed by atoms with Gasteiger partial charge in [-0.1, -0.05) is 6.92 Å². The number of anilines is 2. The number of carbonyl (C=O) groups is 1. The van der Waals surface area contributed by atoms with Crippen LogP contribution in [-0.4, -0.2) is 84.8 Å². The minimum atomic E-state index is 0.150. The lowest BCUT2D eigenvalue weighted by Gasteiger charge is -2.36. The molecule has 0 saturated carbocycles. The average Bonchev–Trinajstić information content (AvgIpc) is 2.62. The summed E-state index contributed by atoms with van der Waals surface area (Å²) in [7, 11) is 0. The summed E-state index contributed by atoms with van der Waals surface area (Å²) in [6.07, 6.45) is 0. The zero-order chi connectivity index (χ0) is 16.2. The molecule has 0 spiro atoms. The second-order valence-electron chi connectivity index (χ2n) is 6.16. The Morgan fingerprint density at radius 2 is 1.39 bits per heavy atom. The van der Waals surface area contributed by atoms with Crippen LogP contribution in [0.2, 0.25) is 0 Å². The molecule has 0 radical (unpaired) electrons. The Morgan fingerprint density at radius 3 is 1.78 bits per heavy atom. The van der Waals surface area contributed by atoms with Crippen molar-refractivity contribution in [3.63, 3.8) is 0 Å². The maximum atomic E-state index is 11.4. The lowest BCUT2D eigenvalue weighted by molar-refractivity contribution is -0.129. The van der Waals surface area contributed by atoms with Gasteiger partial charge in [-0.25, -0.2) is 0 Å². The molecule has 3 heterocycles. The number of likely N-dealkylation sites (N-methyl/N-ethyl adjacent to an activating group) is 1. The number of carbonyl (C=O) groups excluding carboxylic acids is 1. The molecule has 126 valence electrons. The molecule has 0 atom stereocenters. The van der Waals surface area contributed by atoms with Gasteiger partial charge in [0, 0.05) is 59.3 Å². The summed E-state index contributed by atoms with van der Waals surface area (Å²) in [4.78, 5) is 20.2. The first-order chi connectivity index (χ1) is 11.2. The summed E-state index contributed by atoms with van der Waals surface area (Å²) in [5.41, 5.74) is 0. The molecule has 2 fully saturated rings. The summed E-state index contributed by atoms with van der Waals surface area (Å²) >= 11 is 0. The van der Waals surface area contributed by atoms with Gasteiger partial charge >= 0.3 is 0 Å². The summed E-state index contributed by atoms with van der Waals surface area (Å²) in [6.45, 7) is 12.3. The van der Waals surface area contributed by atoms with Crippen LogP contribution in [0.3, 0.4) is 0 Å². The fourth-order valence-corrected chi connectivity index (χ4v) is 3.20. The molecule has 2 aliphatic heterocycles. The van der Waals surface area contributed by atoms with Crippen molar-refractivity contribution < 1.29 is 4.79 Å². The van der Waals surface area contributed by atoms with E-state index in [1.807, 2.05) is 4.90 Å². The fourth-order valence-electron chi connectivity index (χ4n) is 3.20. The average molecular weight is 318 g/mol. The highest BCUT2D eigenvalue weighted by Crippen LogP contribution is 2.17. The number of piperazine rings is 2. The van der Waals surface area contributed by atoms with Crippen molar-refractivity contribution in [3.8, 4) is 0 Å². The third-order valence-corrected chi connectivity index (χ3v) is 4.83. The quantitative estimate of drug-likeness (QED) is 0.798. The van der Waals surface area contributed by atoms with Crippen molar-refractivity contribution in [2.45, 2.75) is 13.8 Å². The zero-order valence-electron chi connectivity index (χ0n) is 14.1. The second-order valence-corrected chi connectivity index (χ2v) is 6.16. The van der Waals surface area contributed by atoms with Gasteiger partial charge in [-0.2, -0.15) is 0 Å². The Kier molecular flexibility index (Phi) is 4.95. The Bertz CT molecular complexity index is 518. The molecule has 2 saturated heterocycles. The van der Waals surface area contributed by atoms with Crippen LogP contribution in [0.1, 0.15) is 13.8 Å². The Balaban J connectivity index is 1.57. The van der Waals surface area contributed by atoms with Gasteiger partial charge < -0.3 is 19.6 Å². The van der Waals surface area contributed by atoms with Gasteiger partial charge in [0.25, 0.3) is 0 Å². The monoisotopic (exact) mass is 318 g/mol. The van der Waals surface area contributed by atoms with Crippen molar-refractivity contribution in [1.82, 2.24) is 20.0 Å². The molecule has 0 aliphatic carbocycles. The van der Waals surface area contributed by atoms with Crippen molar-refractivity contribution >= 4 is 17.5 Å². The normalized spacial score (nSPS) is 20.0. The SMILES string of the molecule is CCN1CCN(c2ccc(N3CCN(C(C)=O)CC3)nn2)CC1. The van der Waals surface area contributed by atoms with Gasteiger partial charge in [-0.15, -0.1) is 10.2 Å². The maximum Gasteiger partial charge on any atom is 0.219 e. The molecule has 0 unspecified atom stereocenters. The predicted octanol–water partition coefficient (Wildman–Crippen LogP) is 0.287. The molecule has 2 aliphatic rings. The van der Waals surface area contributed by atoms with E-state index in [4.69, 9.17) is 0 Å². The minimum absolute atomic E-state index is 0.150. The van der Waals surface area contributed by atoms with Crippen LogP contribution in [0.15, 0.2) is 12.1 Å². The first kappa shape index (κ1) is 16.0. The summed E-state index contributed by atoms with van der Waals surface area (Å²) in [6, 6.07) is 4.12. The van der Waals surface area contributed by atoms with Crippen molar-refractivity contribution in [1.29, 1.82) is 0 Å². The molecule has 7 heteroatoms. The van der Waals surface area contributed by atoms with Crippen LogP contribution in [0.4, 0.5) is 11.6 Å². The number of amides is 1. The van der Waals surface area contributed by atoms with E-state index < -0.39 is 0 Å². The highest BCUT2D eigenvalue weighted by molar-refractivity contribution is 5.73. The Labute approximate surface area is 137 Å². The topological polar surface area (TPSA) is 55.8 Å². The van der Waals surface area contributed by atoms with Gasteiger partial charge in [0.15, 0.2) is 11.6 Å². The maximum absolute atomic E-state index is 11.4. The first-order valence-corrected chi connectivity index (χ1v) is 8.49. The van der Waals surface area contributed by atoms with Crippen molar-refractivity contribution in [2.24, 2.45) is 0 Å². The van der Waals surface area contributed by atoms with Crippen LogP contribution in [0.25, 0.3) is 0 Å². The van der Waals surface area contributed by atoms with E-state index in [0.29, 0.717) is 0 Å². The number of hydrogen-bond acceptors (Lipinski definition) is 6. The molecule has 1 amide bonds. The summed E-state index contributed by atoms with van der Waals surface area (Å²) < 4.78 is 0. The van der Waals surface area contributed by atoms with Crippen LogP contribution < -0.4 is 9.80 Å². The minimum Gasteiger partial charge on any atom is -0.353 e. The fraction of sp³-hybridized carbons (Fsp3) is 0.688. The van der Waals surface area contributed by atoms with Crippen LogP contribution in [0, 0.1) is 0 Å². The highest BCUT2D eigenvalue weighted by atomic mass is 16.2. The lowest BCUT2D eigenvalue weighted by atomic mass is 10.3.